The minimum Gasteiger partial charge on any atom is -0.456 e. The summed E-state index contributed by atoms with van der Waals surface area (Å²) in [6.07, 6.45) is 0. The van der Waals surface area contributed by atoms with Gasteiger partial charge in [-0.25, -0.2) is 4.79 Å². The zero-order chi connectivity index (χ0) is 16.9. The van der Waals surface area contributed by atoms with E-state index in [1.807, 2.05) is 0 Å². The highest BCUT2D eigenvalue weighted by molar-refractivity contribution is 5.89. The molecule has 0 unspecified atom stereocenters. The average Bonchev–Trinajstić information content (AvgIpc) is 2.44. The van der Waals surface area contributed by atoms with E-state index in [4.69, 9.17) is 4.74 Å². The van der Waals surface area contributed by atoms with Crippen LogP contribution in [-0.4, -0.2) is 12.6 Å². The standard InChI is InChI=1S/C20H28O2/c1-8-22-20(21)10-9-17-18(14(4)5)11-16(13(2)3)12-19(17)15(6)7/h11-15H,8H2,1-7H3. The molecule has 0 spiro atoms. The monoisotopic (exact) mass is 300 g/mol. The maximum atomic E-state index is 11.6. The Morgan fingerprint density at radius 3 is 1.86 bits per heavy atom. The van der Waals surface area contributed by atoms with Crippen LogP contribution in [0.3, 0.4) is 0 Å². The fraction of sp³-hybridized carbons (Fsp3) is 0.550. The van der Waals surface area contributed by atoms with Crippen LogP contribution in [0, 0.1) is 11.8 Å². The van der Waals surface area contributed by atoms with Crippen molar-refractivity contribution in [2.24, 2.45) is 0 Å². The third-order valence-corrected chi connectivity index (χ3v) is 3.70. The number of benzene rings is 1. The molecule has 0 aromatic heterocycles. The van der Waals surface area contributed by atoms with E-state index in [2.05, 4.69) is 65.5 Å². The molecule has 0 N–H and O–H groups in total. The summed E-state index contributed by atoms with van der Waals surface area (Å²) >= 11 is 0. The number of esters is 1. The van der Waals surface area contributed by atoms with Crippen molar-refractivity contribution in [3.8, 4) is 11.8 Å². The summed E-state index contributed by atoms with van der Waals surface area (Å²) in [6.45, 7) is 15.2. The van der Waals surface area contributed by atoms with Crippen molar-refractivity contribution in [1.29, 1.82) is 0 Å². The van der Waals surface area contributed by atoms with E-state index in [0.717, 1.165) is 5.56 Å². The van der Waals surface area contributed by atoms with Gasteiger partial charge in [0.1, 0.15) is 0 Å². The highest BCUT2D eigenvalue weighted by atomic mass is 16.5. The zero-order valence-electron chi connectivity index (χ0n) is 14.9. The number of carbonyl (C=O) groups excluding carboxylic acids is 1. The Labute approximate surface area is 135 Å². The van der Waals surface area contributed by atoms with Gasteiger partial charge in [-0.15, -0.1) is 0 Å². The van der Waals surface area contributed by atoms with Crippen molar-refractivity contribution in [3.05, 3.63) is 34.4 Å². The van der Waals surface area contributed by atoms with E-state index in [1.165, 1.54) is 16.7 Å². The Morgan fingerprint density at radius 2 is 1.50 bits per heavy atom. The molecule has 22 heavy (non-hydrogen) atoms. The quantitative estimate of drug-likeness (QED) is 0.579. The molecule has 1 aromatic rings. The molecule has 120 valence electrons. The van der Waals surface area contributed by atoms with Crippen molar-refractivity contribution >= 4 is 5.97 Å². The van der Waals surface area contributed by atoms with Crippen LogP contribution in [0.1, 0.15) is 88.5 Å². The van der Waals surface area contributed by atoms with Crippen molar-refractivity contribution in [1.82, 2.24) is 0 Å². The van der Waals surface area contributed by atoms with E-state index in [1.54, 1.807) is 6.92 Å². The van der Waals surface area contributed by atoms with E-state index >= 15 is 0 Å². The molecule has 0 bridgehead atoms. The number of carbonyl (C=O) groups is 1. The average molecular weight is 300 g/mol. The smallest absolute Gasteiger partial charge is 0.384 e. The van der Waals surface area contributed by atoms with E-state index in [9.17, 15) is 4.79 Å². The highest BCUT2D eigenvalue weighted by Crippen LogP contribution is 2.31. The van der Waals surface area contributed by atoms with Crippen LogP contribution in [0.4, 0.5) is 0 Å². The first-order chi connectivity index (χ1) is 10.3. The van der Waals surface area contributed by atoms with Crippen LogP contribution >= 0.6 is 0 Å². The lowest BCUT2D eigenvalue weighted by Gasteiger charge is -2.19. The van der Waals surface area contributed by atoms with Gasteiger partial charge in [0.2, 0.25) is 0 Å². The molecule has 0 aliphatic carbocycles. The first-order valence-corrected chi connectivity index (χ1v) is 8.14. The molecule has 0 amide bonds. The minimum absolute atomic E-state index is 0.355. The van der Waals surface area contributed by atoms with Gasteiger partial charge < -0.3 is 4.74 Å². The molecule has 0 heterocycles. The van der Waals surface area contributed by atoms with Crippen molar-refractivity contribution in [2.45, 2.75) is 66.2 Å². The maximum Gasteiger partial charge on any atom is 0.384 e. The highest BCUT2D eigenvalue weighted by Gasteiger charge is 2.16. The number of hydrogen-bond donors (Lipinski definition) is 0. The van der Waals surface area contributed by atoms with Crippen molar-refractivity contribution < 1.29 is 9.53 Å². The summed E-state index contributed by atoms with van der Waals surface area (Å²) in [5, 5.41) is 0. The third kappa shape index (κ3) is 4.63. The molecular formula is C20H28O2. The molecule has 0 saturated carbocycles. The van der Waals surface area contributed by atoms with E-state index in [-0.39, 0.29) is 0 Å². The topological polar surface area (TPSA) is 26.3 Å². The lowest BCUT2D eigenvalue weighted by Crippen LogP contribution is -2.05. The van der Waals surface area contributed by atoms with Crippen LogP contribution in [0.2, 0.25) is 0 Å². The van der Waals surface area contributed by atoms with E-state index in [0.29, 0.717) is 24.4 Å². The van der Waals surface area contributed by atoms with Gasteiger partial charge in [0.15, 0.2) is 0 Å². The molecule has 2 heteroatoms. The van der Waals surface area contributed by atoms with Gasteiger partial charge in [-0.3, -0.25) is 0 Å². The van der Waals surface area contributed by atoms with Crippen LogP contribution < -0.4 is 0 Å². The SMILES string of the molecule is CCOC(=O)C#Cc1c(C(C)C)cc(C(C)C)cc1C(C)C. The predicted molar refractivity (Wildman–Crippen MR) is 92.2 cm³/mol. The molecular weight excluding hydrogens is 272 g/mol. The first-order valence-electron chi connectivity index (χ1n) is 8.14. The maximum absolute atomic E-state index is 11.6. The van der Waals surface area contributed by atoms with Gasteiger partial charge in [-0.05, 0) is 41.4 Å². The van der Waals surface area contributed by atoms with Gasteiger partial charge in [0, 0.05) is 11.5 Å². The Hall–Kier alpha value is -1.75. The lowest BCUT2D eigenvalue weighted by atomic mass is 9.84. The third-order valence-electron chi connectivity index (χ3n) is 3.70. The second-order valence-electron chi connectivity index (χ2n) is 6.51. The predicted octanol–water partition coefficient (Wildman–Crippen LogP) is 4.97. The van der Waals surface area contributed by atoms with Gasteiger partial charge >= 0.3 is 5.97 Å². The largest absolute Gasteiger partial charge is 0.456 e. The molecule has 0 fully saturated rings. The van der Waals surface area contributed by atoms with Crippen LogP contribution in [-0.2, 0) is 9.53 Å². The summed E-state index contributed by atoms with van der Waals surface area (Å²) in [4.78, 5) is 11.6. The molecule has 0 atom stereocenters. The summed E-state index contributed by atoms with van der Waals surface area (Å²) < 4.78 is 4.91. The Balaban J connectivity index is 3.48. The summed E-state index contributed by atoms with van der Waals surface area (Å²) in [5.41, 5.74) is 4.75. The lowest BCUT2D eigenvalue weighted by molar-refractivity contribution is -0.136. The van der Waals surface area contributed by atoms with Crippen LogP contribution in [0.5, 0.6) is 0 Å². The summed E-state index contributed by atoms with van der Waals surface area (Å²) in [5.74, 6) is 6.44. The van der Waals surface area contributed by atoms with Gasteiger partial charge in [0.05, 0.1) is 6.61 Å². The molecule has 0 aliphatic heterocycles. The van der Waals surface area contributed by atoms with Crippen molar-refractivity contribution in [2.75, 3.05) is 6.61 Å². The molecule has 2 nitrogen and oxygen atoms in total. The number of rotatable bonds is 4. The Morgan fingerprint density at radius 1 is 1.00 bits per heavy atom. The number of hydrogen-bond acceptors (Lipinski definition) is 2. The fourth-order valence-corrected chi connectivity index (χ4v) is 2.38. The second kappa shape index (κ2) is 8.03. The molecule has 1 aromatic carbocycles. The zero-order valence-corrected chi connectivity index (χ0v) is 14.9. The molecule has 0 radical (unpaired) electrons. The van der Waals surface area contributed by atoms with E-state index < -0.39 is 5.97 Å². The van der Waals surface area contributed by atoms with Crippen LogP contribution in [0.15, 0.2) is 12.1 Å². The molecule has 1 rings (SSSR count). The number of ether oxygens (including phenoxy) is 1. The Kier molecular flexibility index (Phi) is 6.68. The fourth-order valence-electron chi connectivity index (χ4n) is 2.38. The molecule has 0 aliphatic rings. The van der Waals surface area contributed by atoms with Gasteiger partial charge in [-0.1, -0.05) is 59.6 Å². The van der Waals surface area contributed by atoms with Gasteiger partial charge in [-0.2, -0.15) is 0 Å². The molecule has 0 saturated heterocycles. The Bertz CT molecular complexity index is 554. The van der Waals surface area contributed by atoms with Gasteiger partial charge in [0.25, 0.3) is 0 Å². The summed E-state index contributed by atoms with van der Waals surface area (Å²) in [7, 11) is 0. The summed E-state index contributed by atoms with van der Waals surface area (Å²) in [6, 6.07) is 4.47. The normalized spacial score (nSPS) is 10.8. The first kappa shape index (κ1) is 18.3. The second-order valence-corrected chi connectivity index (χ2v) is 6.51. The minimum atomic E-state index is -0.458. The van der Waals surface area contributed by atoms with Crippen molar-refractivity contribution in [3.63, 3.8) is 0 Å². The van der Waals surface area contributed by atoms with Crippen LogP contribution in [0.25, 0.3) is 0 Å².